The molecule has 0 aromatic rings. The maximum absolute atomic E-state index is 0. The molecule has 0 saturated carbocycles. The largest absolute Gasteiger partial charge is 0 e. The van der Waals surface area contributed by atoms with Gasteiger partial charge in [0.2, 0.25) is 0 Å². The molecular formula is AgNa4. The fraction of sp³-hybridized carbons (Fsp3) is 0. The summed E-state index contributed by atoms with van der Waals surface area (Å²) in [7, 11) is 0. The van der Waals surface area contributed by atoms with Crippen molar-refractivity contribution >= 4 is 118 Å². The zero-order valence-electron chi connectivity index (χ0n) is 4.30. The smallest absolute Gasteiger partial charge is 0 e. The first kappa shape index (κ1) is 33.1. The maximum Gasteiger partial charge on any atom is 0 e. The Morgan fingerprint density at radius 2 is 0.400 bits per heavy atom. The van der Waals surface area contributed by atoms with Gasteiger partial charge in [0.05, 0.1) is 0 Å². The summed E-state index contributed by atoms with van der Waals surface area (Å²) >= 11 is 0. The predicted octanol–water partition coefficient (Wildman–Crippen LogP) is -1.53. The van der Waals surface area contributed by atoms with Crippen molar-refractivity contribution in [3.05, 3.63) is 0 Å². The van der Waals surface area contributed by atoms with Crippen LogP contribution in [0.1, 0.15) is 0 Å². The zero-order valence-corrected chi connectivity index (χ0v) is 13.8. The molecule has 0 aromatic carbocycles. The number of hydrogen-bond donors (Lipinski definition) is 0. The van der Waals surface area contributed by atoms with Crippen molar-refractivity contribution in [3.63, 3.8) is 0 Å². The fourth-order valence-electron chi connectivity index (χ4n) is 0. The van der Waals surface area contributed by atoms with Crippen LogP contribution in [-0.2, 0) is 22.4 Å². The first-order valence-electron chi connectivity index (χ1n) is 0. The maximum atomic E-state index is 0. The molecule has 5 heavy (non-hydrogen) atoms. The molecule has 0 nitrogen and oxygen atoms in total. The van der Waals surface area contributed by atoms with Crippen molar-refractivity contribution < 1.29 is 22.4 Å². The van der Waals surface area contributed by atoms with Gasteiger partial charge in [0.1, 0.15) is 0 Å². The average molecular weight is 200 g/mol. The minimum atomic E-state index is 0. The van der Waals surface area contributed by atoms with Gasteiger partial charge in [0, 0.05) is 141 Å². The van der Waals surface area contributed by atoms with Crippen molar-refractivity contribution in [1.29, 1.82) is 0 Å². The van der Waals surface area contributed by atoms with E-state index in [0.29, 0.717) is 0 Å². The van der Waals surface area contributed by atoms with Crippen molar-refractivity contribution in [2.75, 3.05) is 0 Å². The first-order chi connectivity index (χ1) is 0. The molecule has 0 bridgehead atoms. The van der Waals surface area contributed by atoms with E-state index in [4.69, 9.17) is 0 Å². The molecule has 0 fully saturated rings. The molecule has 0 aliphatic rings. The van der Waals surface area contributed by atoms with Gasteiger partial charge in [-0.15, -0.1) is 0 Å². The average Bonchev–Trinajstić information content (AvgIpc) is 0. The van der Waals surface area contributed by atoms with E-state index in [1.165, 1.54) is 0 Å². The van der Waals surface area contributed by atoms with Crippen LogP contribution in [0.3, 0.4) is 0 Å². The van der Waals surface area contributed by atoms with Crippen LogP contribution in [0.25, 0.3) is 0 Å². The molecular weight excluding hydrogens is 200 g/mol. The van der Waals surface area contributed by atoms with Gasteiger partial charge in [0.25, 0.3) is 0 Å². The molecule has 0 amide bonds. The summed E-state index contributed by atoms with van der Waals surface area (Å²) in [5, 5.41) is 0. The molecule has 0 heterocycles. The van der Waals surface area contributed by atoms with Crippen LogP contribution in [0.5, 0.6) is 0 Å². The van der Waals surface area contributed by atoms with Crippen LogP contribution in [0.2, 0.25) is 0 Å². The van der Waals surface area contributed by atoms with E-state index < -0.39 is 0 Å². The van der Waals surface area contributed by atoms with Crippen LogP contribution in [0.15, 0.2) is 0 Å². The molecule has 0 aliphatic heterocycles. The van der Waals surface area contributed by atoms with E-state index in [2.05, 4.69) is 0 Å². The normalized spacial score (nSPS) is 0. The second kappa shape index (κ2) is 23.3. The van der Waals surface area contributed by atoms with Crippen LogP contribution in [-0.4, -0.2) is 118 Å². The van der Waals surface area contributed by atoms with Crippen molar-refractivity contribution in [2.24, 2.45) is 0 Å². The van der Waals surface area contributed by atoms with Crippen LogP contribution >= 0.6 is 0 Å². The molecule has 0 unspecified atom stereocenters. The summed E-state index contributed by atoms with van der Waals surface area (Å²) in [6, 6.07) is 0. The third-order valence-electron chi connectivity index (χ3n) is 0. The second-order valence-electron chi connectivity index (χ2n) is 0. The SMILES string of the molecule is [Ag].[Na].[Na].[Na].[Na]. The third-order valence-corrected chi connectivity index (χ3v) is 0. The van der Waals surface area contributed by atoms with Gasteiger partial charge in [-0.1, -0.05) is 0 Å². The summed E-state index contributed by atoms with van der Waals surface area (Å²) in [4.78, 5) is 0. The summed E-state index contributed by atoms with van der Waals surface area (Å²) in [5.41, 5.74) is 0. The molecule has 0 saturated heterocycles. The topological polar surface area (TPSA) is 0 Å². The van der Waals surface area contributed by atoms with Gasteiger partial charge < -0.3 is 0 Å². The summed E-state index contributed by atoms with van der Waals surface area (Å²) < 4.78 is 0. The molecule has 5 radical (unpaired) electrons. The van der Waals surface area contributed by atoms with Gasteiger partial charge in [-0.2, -0.15) is 0 Å². The molecule has 0 spiro atoms. The molecule has 15 valence electrons. The van der Waals surface area contributed by atoms with E-state index in [1.807, 2.05) is 0 Å². The first-order valence-corrected chi connectivity index (χ1v) is 0. The number of rotatable bonds is 0. The summed E-state index contributed by atoms with van der Waals surface area (Å²) in [5.74, 6) is 0. The molecule has 0 atom stereocenters. The summed E-state index contributed by atoms with van der Waals surface area (Å²) in [6.07, 6.45) is 0. The second-order valence-corrected chi connectivity index (χ2v) is 0. The van der Waals surface area contributed by atoms with E-state index in [0.717, 1.165) is 0 Å². The molecule has 0 N–H and O–H groups in total. The van der Waals surface area contributed by atoms with Crippen LogP contribution in [0, 0.1) is 0 Å². The van der Waals surface area contributed by atoms with Gasteiger partial charge in [0.15, 0.2) is 0 Å². The minimum Gasteiger partial charge on any atom is 0 e. The summed E-state index contributed by atoms with van der Waals surface area (Å²) in [6.45, 7) is 0. The van der Waals surface area contributed by atoms with Gasteiger partial charge in [-0.25, -0.2) is 0 Å². The molecule has 0 rings (SSSR count). The van der Waals surface area contributed by atoms with Crippen molar-refractivity contribution in [3.8, 4) is 0 Å². The van der Waals surface area contributed by atoms with Crippen molar-refractivity contribution in [1.82, 2.24) is 0 Å². The van der Waals surface area contributed by atoms with Crippen molar-refractivity contribution in [2.45, 2.75) is 0 Å². The van der Waals surface area contributed by atoms with Gasteiger partial charge in [-0.05, 0) is 0 Å². The van der Waals surface area contributed by atoms with E-state index >= 15 is 0 Å². The van der Waals surface area contributed by atoms with E-state index in [9.17, 15) is 0 Å². The quantitative estimate of drug-likeness (QED) is 0.416. The van der Waals surface area contributed by atoms with E-state index in [1.54, 1.807) is 0 Å². The Bertz CT molecular complexity index is 3.61. The monoisotopic (exact) mass is 199 g/mol. The standard InChI is InChI=1S/Ag.4Na. The Balaban J connectivity index is 0. The zero-order chi connectivity index (χ0) is 0. The molecule has 0 aromatic heterocycles. The fourth-order valence-corrected chi connectivity index (χ4v) is 0. The number of hydrogen-bond acceptors (Lipinski definition) is 0. The van der Waals surface area contributed by atoms with Gasteiger partial charge >= 0.3 is 0 Å². The molecule has 5 heteroatoms. The Hall–Kier alpha value is 4.74. The minimum absolute atomic E-state index is 0. The Kier molecular flexibility index (Phi) is 154. The predicted molar refractivity (Wildman–Crippen MR) is 23.0 cm³/mol. The Morgan fingerprint density at radius 3 is 0.400 bits per heavy atom. The van der Waals surface area contributed by atoms with Gasteiger partial charge in [-0.3, -0.25) is 0 Å². The molecule has 0 aliphatic carbocycles. The Labute approximate surface area is 137 Å². The van der Waals surface area contributed by atoms with Crippen LogP contribution in [0.4, 0.5) is 0 Å². The third kappa shape index (κ3) is 17.7. The van der Waals surface area contributed by atoms with E-state index in [-0.39, 0.29) is 141 Å². The van der Waals surface area contributed by atoms with Crippen LogP contribution < -0.4 is 0 Å². The Morgan fingerprint density at radius 1 is 0.400 bits per heavy atom.